The highest BCUT2D eigenvalue weighted by Crippen LogP contribution is 2.17. The summed E-state index contributed by atoms with van der Waals surface area (Å²) in [6, 6.07) is 4.83. The van der Waals surface area contributed by atoms with E-state index in [4.69, 9.17) is 0 Å². The van der Waals surface area contributed by atoms with E-state index in [9.17, 15) is 18.0 Å². The Morgan fingerprint density at radius 1 is 1.13 bits per heavy atom. The molecule has 122 valence electrons. The third-order valence-electron chi connectivity index (χ3n) is 3.14. The van der Waals surface area contributed by atoms with Crippen LogP contribution in [0.1, 0.15) is 30.1 Å². The lowest BCUT2D eigenvalue weighted by Crippen LogP contribution is -2.15. The number of unbranched alkanes of at least 4 members (excludes halogenated alkanes) is 1. The zero-order chi connectivity index (χ0) is 16.8. The van der Waals surface area contributed by atoms with Crippen LogP contribution in [0, 0.1) is 17.5 Å². The van der Waals surface area contributed by atoms with E-state index in [0.717, 1.165) is 25.5 Å². The van der Waals surface area contributed by atoms with Crippen LogP contribution in [0.4, 0.5) is 24.7 Å². The molecular weight excluding hydrogens is 307 g/mol. The number of amides is 1. The quantitative estimate of drug-likeness (QED) is 0.625. The zero-order valence-corrected chi connectivity index (χ0v) is 12.5. The van der Waals surface area contributed by atoms with Gasteiger partial charge in [-0.2, -0.15) is 0 Å². The van der Waals surface area contributed by atoms with Crippen molar-refractivity contribution in [2.75, 3.05) is 17.2 Å². The van der Waals surface area contributed by atoms with Crippen LogP contribution in [0.5, 0.6) is 0 Å². The molecule has 1 amide bonds. The first-order chi connectivity index (χ1) is 11.0. The standard InChI is InChI=1S/C16H16F3N3O/c1-2-3-8-20-13-7-4-10(9-21-13)22-16(23)11-5-6-12(17)15(19)14(11)18/h4-7,9H,2-3,8H2,1H3,(H,20,21)(H,22,23). The van der Waals surface area contributed by atoms with Crippen LogP contribution in [0.25, 0.3) is 0 Å². The number of rotatable bonds is 6. The van der Waals surface area contributed by atoms with E-state index in [2.05, 4.69) is 22.5 Å². The third-order valence-corrected chi connectivity index (χ3v) is 3.14. The minimum absolute atomic E-state index is 0.320. The van der Waals surface area contributed by atoms with Crippen molar-refractivity contribution in [3.05, 3.63) is 53.5 Å². The minimum Gasteiger partial charge on any atom is -0.370 e. The lowest BCUT2D eigenvalue weighted by Gasteiger charge is -2.08. The number of pyridine rings is 1. The minimum atomic E-state index is -1.67. The summed E-state index contributed by atoms with van der Waals surface area (Å²) < 4.78 is 39.5. The third kappa shape index (κ3) is 4.21. The van der Waals surface area contributed by atoms with Crippen LogP contribution < -0.4 is 10.6 Å². The first-order valence-corrected chi connectivity index (χ1v) is 7.17. The van der Waals surface area contributed by atoms with Gasteiger partial charge < -0.3 is 10.6 Å². The highest BCUT2D eigenvalue weighted by molar-refractivity contribution is 6.04. The van der Waals surface area contributed by atoms with Gasteiger partial charge in [0, 0.05) is 6.54 Å². The number of nitrogens with zero attached hydrogens (tertiary/aromatic N) is 1. The molecule has 0 saturated carbocycles. The first kappa shape index (κ1) is 16.8. The Morgan fingerprint density at radius 2 is 1.91 bits per heavy atom. The van der Waals surface area contributed by atoms with Crippen LogP contribution in [-0.2, 0) is 0 Å². The molecule has 0 unspecified atom stereocenters. The van der Waals surface area contributed by atoms with Gasteiger partial charge in [-0.15, -0.1) is 0 Å². The lowest BCUT2D eigenvalue weighted by molar-refractivity contribution is 0.102. The fourth-order valence-corrected chi connectivity index (χ4v) is 1.87. The molecule has 1 heterocycles. The molecule has 7 heteroatoms. The number of anilines is 2. The first-order valence-electron chi connectivity index (χ1n) is 7.17. The summed E-state index contributed by atoms with van der Waals surface area (Å²) in [6.07, 6.45) is 3.46. The molecule has 0 spiro atoms. The van der Waals surface area contributed by atoms with Gasteiger partial charge in [0.15, 0.2) is 17.5 Å². The van der Waals surface area contributed by atoms with Gasteiger partial charge in [0.1, 0.15) is 5.82 Å². The number of carbonyl (C=O) groups excluding carboxylic acids is 1. The Hall–Kier alpha value is -2.57. The molecule has 2 aromatic rings. The van der Waals surface area contributed by atoms with Gasteiger partial charge in [0.05, 0.1) is 17.4 Å². The molecule has 2 rings (SSSR count). The van der Waals surface area contributed by atoms with E-state index in [1.54, 1.807) is 12.1 Å². The second-order valence-corrected chi connectivity index (χ2v) is 4.89. The smallest absolute Gasteiger partial charge is 0.258 e. The molecule has 0 aliphatic rings. The fourth-order valence-electron chi connectivity index (χ4n) is 1.87. The van der Waals surface area contributed by atoms with Crippen molar-refractivity contribution < 1.29 is 18.0 Å². The summed E-state index contributed by atoms with van der Waals surface area (Å²) in [6.45, 7) is 2.86. The van der Waals surface area contributed by atoms with Crippen LogP contribution in [0.15, 0.2) is 30.5 Å². The summed E-state index contributed by atoms with van der Waals surface area (Å²) in [7, 11) is 0. The summed E-state index contributed by atoms with van der Waals surface area (Å²) >= 11 is 0. The van der Waals surface area contributed by atoms with Crippen LogP contribution >= 0.6 is 0 Å². The summed E-state index contributed by atoms with van der Waals surface area (Å²) in [5.74, 6) is -4.77. The normalized spacial score (nSPS) is 10.4. The second kappa shape index (κ2) is 7.62. The van der Waals surface area contributed by atoms with E-state index >= 15 is 0 Å². The fraction of sp³-hybridized carbons (Fsp3) is 0.250. The number of carbonyl (C=O) groups is 1. The number of benzene rings is 1. The molecular formula is C16H16F3N3O. The van der Waals surface area contributed by atoms with Gasteiger partial charge in [0.25, 0.3) is 5.91 Å². The summed E-state index contributed by atoms with van der Waals surface area (Å²) in [5.41, 5.74) is -0.255. The van der Waals surface area contributed by atoms with E-state index < -0.39 is 28.9 Å². The Balaban J connectivity index is 2.04. The monoisotopic (exact) mass is 323 g/mol. The van der Waals surface area contributed by atoms with Gasteiger partial charge in [-0.25, -0.2) is 18.2 Å². The lowest BCUT2D eigenvalue weighted by atomic mass is 10.2. The van der Waals surface area contributed by atoms with Crippen molar-refractivity contribution in [1.29, 1.82) is 0 Å². The molecule has 1 aromatic heterocycles. The number of nitrogens with one attached hydrogen (secondary N) is 2. The van der Waals surface area contributed by atoms with Crippen LogP contribution in [-0.4, -0.2) is 17.4 Å². The maximum absolute atomic E-state index is 13.6. The molecule has 1 aromatic carbocycles. The van der Waals surface area contributed by atoms with E-state index in [1.165, 1.54) is 6.20 Å². The summed E-state index contributed by atoms with van der Waals surface area (Å²) in [4.78, 5) is 16.0. The van der Waals surface area contributed by atoms with Crippen molar-refractivity contribution in [3.8, 4) is 0 Å². The molecule has 2 N–H and O–H groups in total. The molecule has 0 saturated heterocycles. The maximum atomic E-state index is 13.6. The highest BCUT2D eigenvalue weighted by Gasteiger charge is 2.18. The van der Waals surface area contributed by atoms with Gasteiger partial charge >= 0.3 is 0 Å². The number of hydrogen-bond donors (Lipinski definition) is 2. The van der Waals surface area contributed by atoms with Crippen molar-refractivity contribution >= 4 is 17.4 Å². The highest BCUT2D eigenvalue weighted by atomic mass is 19.2. The zero-order valence-electron chi connectivity index (χ0n) is 12.5. The average Bonchev–Trinajstić information content (AvgIpc) is 2.54. The number of halogens is 3. The average molecular weight is 323 g/mol. The van der Waals surface area contributed by atoms with E-state index in [-0.39, 0.29) is 0 Å². The maximum Gasteiger partial charge on any atom is 0.258 e. The molecule has 0 bridgehead atoms. The van der Waals surface area contributed by atoms with Gasteiger partial charge in [-0.1, -0.05) is 13.3 Å². The van der Waals surface area contributed by atoms with Crippen molar-refractivity contribution in [2.45, 2.75) is 19.8 Å². The largest absolute Gasteiger partial charge is 0.370 e. The predicted molar refractivity (Wildman–Crippen MR) is 81.9 cm³/mol. The van der Waals surface area contributed by atoms with E-state index in [0.29, 0.717) is 17.6 Å². The SMILES string of the molecule is CCCCNc1ccc(NC(=O)c2ccc(F)c(F)c2F)cn1. The van der Waals surface area contributed by atoms with Gasteiger partial charge in [-0.05, 0) is 30.7 Å². The molecule has 4 nitrogen and oxygen atoms in total. The van der Waals surface area contributed by atoms with E-state index in [1.807, 2.05) is 0 Å². The van der Waals surface area contributed by atoms with Crippen LogP contribution in [0.2, 0.25) is 0 Å². The van der Waals surface area contributed by atoms with Crippen molar-refractivity contribution in [2.24, 2.45) is 0 Å². The Morgan fingerprint density at radius 3 is 2.57 bits per heavy atom. The Bertz CT molecular complexity index is 690. The molecule has 0 radical (unpaired) electrons. The van der Waals surface area contributed by atoms with Crippen molar-refractivity contribution in [1.82, 2.24) is 4.98 Å². The summed E-state index contributed by atoms with van der Waals surface area (Å²) in [5, 5.41) is 5.49. The Kier molecular flexibility index (Phi) is 5.56. The van der Waals surface area contributed by atoms with Crippen molar-refractivity contribution in [3.63, 3.8) is 0 Å². The predicted octanol–water partition coefficient (Wildman–Crippen LogP) is 3.96. The second-order valence-electron chi connectivity index (χ2n) is 4.89. The number of aromatic nitrogens is 1. The number of hydrogen-bond acceptors (Lipinski definition) is 3. The van der Waals surface area contributed by atoms with Gasteiger partial charge in [0.2, 0.25) is 0 Å². The molecule has 0 aliphatic heterocycles. The Labute approximate surface area is 131 Å². The van der Waals surface area contributed by atoms with Crippen LogP contribution in [0.3, 0.4) is 0 Å². The molecule has 23 heavy (non-hydrogen) atoms. The molecule has 0 aliphatic carbocycles. The van der Waals surface area contributed by atoms with Gasteiger partial charge in [-0.3, -0.25) is 4.79 Å². The topological polar surface area (TPSA) is 54.0 Å². The molecule has 0 fully saturated rings. The molecule has 0 atom stereocenters.